The fourth-order valence-corrected chi connectivity index (χ4v) is 3.35. The Bertz CT molecular complexity index is 764. The van der Waals surface area contributed by atoms with Gasteiger partial charge in [0.05, 0.1) is 14.2 Å². The molecule has 0 amide bonds. The maximum Gasteiger partial charge on any atom is 0.153 e. The minimum atomic E-state index is 0.545. The van der Waals surface area contributed by atoms with Crippen LogP contribution in [0.5, 0.6) is 0 Å². The highest BCUT2D eigenvalue weighted by Gasteiger charge is 2.13. The number of rotatable bonds is 3. The average molecular weight is 413 g/mol. The molecule has 0 fully saturated rings. The van der Waals surface area contributed by atoms with Gasteiger partial charge in [-0.05, 0) is 56.1 Å². The van der Waals surface area contributed by atoms with Crippen LogP contribution in [0.3, 0.4) is 0 Å². The van der Waals surface area contributed by atoms with Crippen molar-refractivity contribution in [2.24, 2.45) is 0 Å². The van der Waals surface area contributed by atoms with Gasteiger partial charge in [0, 0.05) is 16.9 Å². The summed E-state index contributed by atoms with van der Waals surface area (Å²) in [5.74, 6) is 0.665. The highest BCUT2D eigenvalue weighted by atomic mass is 79.9. The van der Waals surface area contributed by atoms with E-state index >= 15 is 0 Å². The SMILES string of the molecule is O=Cc1cn(-c2ccc(Br)cn2)nc1-c1ccc(Br)s1. The van der Waals surface area contributed by atoms with E-state index < -0.39 is 0 Å². The number of thiophene rings is 1. The molecule has 0 N–H and O–H groups in total. The van der Waals surface area contributed by atoms with Crippen molar-refractivity contribution in [1.82, 2.24) is 14.8 Å². The first-order chi connectivity index (χ1) is 9.67. The van der Waals surface area contributed by atoms with Crippen molar-refractivity contribution in [2.75, 3.05) is 0 Å². The van der Waals surface area contributed by atoms with E-state index in [-0.39, 0.29) is 0 Å². The van der Waals surface area contributed by atoms with Crippen molar-refractivity contribution in [3.8, 4) is 16.4 Å². The summed E-state index contributed by atoms with van der Waals surface area (Å²) < 4.78 is 3.51. The molecule has 0 saturated carbocycles. The Hall–Kier alpha value is -1.31. The summed E-state index contributed by atoms with van der Waals surface area (Å²) in [7, 11) is 0. The molecule has 0 atom stereocenters. The molecule has 0 saturated heterocycles. The molecule has 3 rings (SSSR count). The number of carbonyl (C=O) groups is 1. The second kappa shape index (κ2) is 5.59. The zero-order valence-corrected chi connectivity index (χ0v) is 13.9. The molecule has 3 aromatic heterocycles. The van der Waals surface area contributed by atoms with Crippen molar-refractivity contribution >= 4 is 49.5 Å². The fraction of sp³-hybridized carbons (Fsp3) is 0. The third kappa shape index (κ3) is 2.61. The van der Waals surface area contributed by atoms with Gasteiger partial charge in [-0.15, -0.1) is 11.3 Å². The Morgan fingerprint density at radius 1 is 1.20 bits per heavy atom. The predicted octanol–water partition coefficient (Wildman–Crippen LogP) is 4.33. The topological polar surface area (TPSA) is 47.8 Å². The van der Waals surface area contributed by atoms with Crippen LogP contribution in [0.25, 0.3) is 16.4 Å². The number of carbonyl (C=O) groups excluding carboxylic acids is 1. The lowest BCUT2D eigenvalue weighted by molar-refractivity contribution is 0.112. The highest BCUT2D eigenvalue weighted by Crippen LogP contribution is 2.32. The van der Waals surface area contributed by atoms with Crippen molar-refractivity contribution in [3.63, 3.8) is 0 Å². The molecule has 0 aliphatic heterocycles. The van der Waals surface area contributed by atoms with Gasteiger partial charge in [-0.1, -0.05) is 0 Å². The molecule has 3 heterocycles. The summed E-state index contributed by atoms with van der Waals surface area (Å²) in [4.78, 5) is 16.4. The van der Waals surface area contributed by atoms with Crippen LogP contribution in [0, 0.1) is 0 Å². The first kappa shape index (κ1) is 13.7. The van der Waals surface area contributed by atoms with Gasteiger partial charge in [0.2, 0.25) is 0 Å². The van der Waals surface area contributed by atoms with E-state index in [1.807, 2.05) is 24.3 Å². The predicted molar refractivity (Wildman–Crippen MR) is 85.5 cm³/mol. The maximum absolute atomic E-state index is 11.2. The monoisotopic (exact) mass is 411 g/mol. The van der Waals surface area contributed by atoms with Gasteiger partial charge >= 0.3 is 0 Å². The summed E-state index contributed by atoms with van der Waals surface area (Å²) in [5, 5.41) is 4.46. The molecule has 0 spiro atoms. The first-order valence-corrected chi connectivity index (χ1v) is 8.00. The smallest absolute Gasteiger partial charge is 0.153 e. The number of hydrogen-bond donors (Lipinski definition) is 0. The van der Waals surface area contributed by atoms with E-state index in [9.17, 15) is 4.79 Å². The van der Waals surface area contributed by atoms with Crippen LogP contribution in [0.1, 0.15) is 10.4 Å². The average Bonchev–Trinajstić information content (AvgIpc) is 3.05. The van der Waals surface area contributed by atoms with Gasteiger partial charge in [0.1, 0.15) is 5.69 Å². The molecule has 0 aliphatic carbocycles. The largest absolute Gasteiger partial charge is 0.298 e. The van der Waals surface area contributed by atoms with Crippen LogP contribution in [0.2, 0.25) is 0 Å². The fourth-order valence-electron chi connectivity index (χ4n) is 1.73. The second-order valence-corrected chi connectivity index (χ2v) is 7.31. The second-order valence-electron chi connectivity index (χ2n) is 3.93. The van der Waals surface area contributed by atoms with Crippen molar-refractivity contribution in [3.05, 3.63) is 50.5 Å². The molecule has 4 nitrogen and oxygen atoms in total. The molecule has 0 bridgehead atoms. The summed E-state index contributed by atoms with van der Waals surface area (Å²) in [6, 6.07) is 7.58. The summed E-state index contributed by atoms with van der Waals surface area (Å²) in [6.07, 6.45) is 4.19. The Morgan fingerprint density at radius 2 is 2.05 bits per heavy atom. The molecule has 7 heteroatoms. The van der Waals surface area contributed by atoms with E-state index in [2.05, 4.69) is 41.9 Å². The number of halogens is 2. The molecular formula is C13H7Br2N3OS. The lowest BCUT2D eigenvalue weighted by atomic mass is 10.2. The molecule has 20 heavy (non-hydrogen) atoms. The lowest BCUT2D eigenvalue weighted by Gasteiger charge is -1.99. The van der Waals surface area contributed by atoms with Gasteiger partial charge in [-0.25, -0.2) is 9.67 Å². The van der Waals surface area contributed by atoms with Crippen LogP contribution < -0.4 is 0 Å². The molecule has 3 aromatic rings. The van der Waals surface area contributed by atoms with E-state index in [1.165, 1.54) is 11.3 Å². The molecule has 100 valence electrons. The maximum atomic E-state index is 11.2. The Morgan fingerprint density at radius 3 is 2.65 bits per heavy atom. The third-order valence-corrected chi connectivity index (χ3v) is 4.72. The van der Waals surface area contributed by atoms with Gasteiger partial charge in [-0.2, -0.15) is 5.10 Å². The molecule has 0 aromatic carbocycles. The van der Waals surface area contributed by atoms with Gasteiger partial charge in [0.15, 0.2) is 12.1 Å². The standard InChI is InChI=1S/C13H7Br2N3OS/c14-9-1-4-12(16-5-9)18-6-8(7-19)13(17-18)10-2-3-11(15)20-10/h1-7H. The molecular weight excluding hydrogens is 406 g/mol. The Labute approximate surface area is 135 Å². The lowest BCUT2D eigenvalue weighted by Crippen LogP contribution is -1.97. The third-order valence-electron chi connectivity index (χ3n) is 2.62. The van der Waals surface area contributed by atoms with E-state index in [1.54, 1.807) is 17.1 Å². The van der Waals surface area contributed by atoms with Crippen LogP contribution in [-0.4, -0.2) is 21.1 Å². The van der Waals surface area contributed by atoms with Crippen LogP contribution >= 0.6 is 43.2 Å². The summed E-state index contributed by atoms with van der Waals surface area (Å²) >= 11 is 8.29. The van der Waals surface area contributed by atoms with E-state index in [0.717, 1.165) is 19.4 Å². The number of pyridine rings is 1. The quantitative estimate of drug-likeness (QED) is 0.601. The minimum Gasteiger partial charge on any atom is -0.298 e. The molecule has 0 unspecified atom stereocenters. The summed E-state index contributed by atoms with van der Waals surface area (Å²) in [6.45, 7) is 0. The van der Waals surface area contributed by atoms with Crippen molar-refractivity contribution < 1.29 is 4.79 Å². The number of aromatic nitrogens is 3. The van der Waals surface area contributed by atoms with Gasteiger partial charge in [0.25, 0.3) is 0 Å². The molecule has 0 radical (unpaired) electrons. The van der Waals surface area contributed by atoms with Crippen LogP contribution in [0.4, 0.5) is 0 Å². The van der Waals surface area contributed by atoms with E-state index in [0.29, 0.717) is 17.1 Å². The zero-order chi connectivity index (χ0) is 14.1. The van der Waals surface area contributed by atoms with Gasteiger partial charge < -0.3 is 0 Å². The van der Waals surface area contributed by atoms with E-state index in [4.69, 9.17) is 0 Å². The Kier molecular flexibility index (Phi) is 3.82. The highest BCUT2D eigenvalue weighted by molar-refractivity contribution is 9.11. The molecule has 0 aliphatic rings. The van der Waals surface area contributed by atoms with Crippen LogP contribution in [0.15, 0.2) is 44.9 Å². The normalized spacial score (nSPS) is 10.7. The van der Waals surface area contributed by atoms with Crippen molar-refractivity contribution in [1.29, 1.82) is 0 Å². The van der Waals surface area contributed by atoms with Crippen LogP contribution in [-0.2, 0) is 0 Å². The number of aldehydes is 1. The number of hydrogen-bond acceptors (Lipinski definition) is 4. The Balaban J connectivity index is 2.09. The van der Waals surface area contributed by atoms with Crippen molar-refractivity contribution in [2.45, 2.75) is 0 Å². The first-order valence-electron chi connectivity index (χ1n) is 5.60. The summed E-state index contributed by atoms with van der Waals surface area (Å²) in [5.41, 5.74) is 1.21. The van der Waals surface area contributed by atoms with Gasteiger partial charge in [-0.3, -0.25) is 4.79 Å². The zero-order valence-electron chi connectivity index (χ0n) is 9.96. The minimum absolute atomic E-state index is 0.545. The number of nitrogens with zero attached hydrogens (tertiary/aromatic N) is 3.